The molecule has 1 aliphatic heterocycles. The van der Waals surface area contributed by atoms with Crippen LogP contribution in [0.3, 0.4) is 0 Å². The predicted octanol–water partition coefficient (Wildman–Crippen LogP) is 7.78. The third-order valence-electron chi connectivity index (χ3n) is 7.75. The second-order valence-electron chi connectivity index (χ2n) is 14.1. The molecule has 4 heterocycles. The lowest BCUT2D eigenvalue weighted by Gasteiger charge is -2.25. The molecule has 1 N–H and O–H groups in total. The van der Waals surface area contributed by atoms with Gasteiger partial charge in [-0.15, -0.1) is 11.3 Å². The van der Waals surface area contributed by atoms with Gasteiger partial charge in [0.15, 0.2) is 11.4 Å². The Morgan fingerprint density at radius 1 is 1.00 bits per heavy atom. The number of aryl methyl sites for hydroxylation is 1. The van der Waals surface area contributed by atoms with Crippen LogP contribution >= 0.6 is 11.3 Å². The van der Waals surface area contributed by atoms with Crippen LogP contribution in [0.15, 0.2) is 30.5 Å². The molecule has 4 aromatic rings. The number of pyridine rings is 2. The Bertz CT molecular complexity index is 1910. The Balaban J connectivity index is 1.77. The van der Waals surface area contributed by atoms with Gasteiger partial charge in [-0.05, 0) is 78.7 Å². The number of carboxylic acids is 1. The number of halogens is 1. The van der Waals surface area contributed by atoms with E-state index in [4.69, 9.17) is 19.2 Å². The maximum atomic E-state index is 16.6. The number of aromatic nitrogens is 3. The highest BCUT2D eigenvalue weighted by atomic mass is 32.1. The summed E-state index contributed by atoms with van der Waals surface area (Å²) < 4.78 is 33.5. The number of rotatable bonds is 7. The molecule has 1 aromatic carbocycles. The van der Waals surface area contributed by atoms with E-state index in [-0.39, 0.29) is 40.1 Å². The van der Waals surface area contributed by atoms with E-state index in [0.29, 0.717) is 42.3 Å². The normalized spacial score (nSPS) is 14.1. The summed E-state index contributed by atoms with van der Waals surface area (Å²) in [7, 11) is 1.61. The van der Waals surface area contributed by atoms with Crippen molar-refractivity contribution in [2.75, 3.05) is 20.3 Å². The fourth-order valence-corrected chi connectivity index (χ4v) is 6.86. The Hall–Kier alpha value is -4.49. The van der Waals surface area contributed by atoms with Gasteiger partial charge in [-0.2, -0.15) is 0 Å². The molecule has 0 atom stereocenters. The van der Waals surface area contributed by atoms with Crippen molar-refractivity contribution in [1.29, 1.82) is 0 Å². The zero-order valence-electron chi connectivity index (χ0n) is 29.0. The number of carboxylic acid groups (broad SMARTS) is 1. The molecule has 260 valence electrons. The molecule has 13 heteroatoms. The second-order valence-corrected chi connectivity index (χ2v) is 15.1. The summed E-state index contributed by atoms with van der Waals surface area (Å²) in [6.07, 6.45) is 2.40. The van der Waals surface area contributed by atoms with Gasteiger partial charge in [-0.25, -0.2) is 28.7 Å². The number of aromatic carboxylic acids is 1. The second kappa shape index (κ2) is 13.8. The number of hydrogen-bond acceptors (Lipinski definition) is 10. The van der Waals surface area contributed by atoms with Crippen molar-refractivity contribution in [1.82, 2.24) is 19.9 Å². The fraction of sp³-hybridized carbons (Fsp3) is 0.444. The van der Waals surface area contributed by atoms with E-state index < -0.39 is 40.7 Å². The van der Waals surface area contributed by atoms with Crippen LogP contribution < -0.4 is 0 Å². The van der Waals surface area contributed by atoms with Gasteiger partial charge in [0.25, 0.3) is 0 Å². The molecule has 49 heavy (non-hydrogen) atoms. The largest absolute Gasteiger partial charge is 0.476 e. The van der Waals surface area contributed by atoms with Gasteiger partial charge in [0.05, 0.1) is 23.2 Å². The van der Waals surface area contributed by atoms with Gasteiger partial charge < -0.3 is 24.2 Å². The van der Waals surface area contributed by atoms with E-state index in [0.717, 1.165) is 10.6 Å². The topological polar surface area (TPSA) is 141 Å². The number of carbonyl (C=O) groups is 3. The van der Waals surface area contributed by atoms with Gasteiger partial charge >= 0.3 is 18.0 Å². The smallest absolute Gasteiger partial charge is 0.410 e. The number of amides is 1. The summed E-state index contributed by atoms with van der Waals surface area (Å²) in [4.78, 5) is 55.2. The van der Waals surface area contributed by atoms with E-state index in [1.54, 1.807) is 73.7 Å². The van der Waals surface area contributed by atoms with Crippen molar-refractivity contribution in [3.8, 4) is 21.7 Å². The molecule has 0 aliphatic carbocycles. The van der Waals surface area contributed by atoms with E-state index in [2.05, 4.69) is 9.97 Å². The van der Waals surface area contributed by atoms with Crippen molar-refractivity contribution in [3.63, 3.8) is 0 Å². The van der Waals surface area contributed by atoms with Crippen molar-refractivity contribution < 1.29 is 38.1 Å². The Morgan fingerprint density at radius 3 is 2.27 bits per heavy atom. The highest BCUT2D eigenvalue weighted by molar-refractivity contribution is 7.15. The number of carbonyl (C=O) groups excluding carboxylic acids is 2. The van der Waals surface area contributed by atoms with Crippen molar-refractivity contribution >= 4 is 40.1 Å². The molecule has 0 bridgehead atoms. The molecule has 5 rings (SSSR count). The molecule has 3 aromatic heterocycles. The lowest BCUT2D eigenvalue weighted by atomic mass is 9.96. The summed E-state index contributed by atoms with van der Waals surface area (Å²) in [6.45, 7) is 13.4. The Kier molecular flexibility index (Phi) is 10.1. The molecule has 0 spiro atoms. The van der Waals surface area contributed by atoms with Crippen LogP contribution in [0.4, 0.5) is 9.18 Å². The predicted molar refractivity (Wildman–Crippen MR) is 183 cm³/mol. The lowest BCUT2D eigenvalue weighted by molar-refractivity contribution is 0.00634. The van der Waals surface area contributed by atoms with Crippen molar-refractivity contribution in [3.05, 3.63) is 63.9 Å². The number of thiazole rings is 1. The van der Waals surface area contributed by atoms with Gasteiger partial charge in [0.1, 0.15) is 22.0 Å². The first-order valence-electron chi connectivity index (χ1n) is 16.0. The average Bonchev–Trinajstić information content (AvgIpc) is 3.42. The monoisotopic (exact) mass is 692 g/mol. The summed E-state index contributed by atoms with van der Waals surface area (Å²) in [5.74, 6) is -3.17. The van der Waals surface area contributed by atoms with Crippen LogP contribution in [-0.4, -0.2) is 74.5 Å². The Labute approximate surface area is 288 Å². The van der Waals surface area contributed by atoms with Gasteiger partial charge in [0, 0.05) is 48.2 Å². The highest BCUT2D eigenvalue weighted by Crippen LogP contribution is 2.43. The SMILES string of the molecule is Cc1ccc(-c2ccc3c(-c4nc(CN(C)C(=O)OC(C)(C)C)c(C5CCOCC5)s4)c(C(=O)OC(C)(C)C)nc(C(=O)O)c3c2F)cn1. The molecule has 0 unspecified atom stereocenters. The fourth-order valence-electron chi connectivity index (χ4n) is 5.55. The van der Waals surface area contributed by atoms with Crippen LogP contribution in [0.1, 0.15) is 97.5 Å². The van der Waals surface area contributed by atoms with E-state index >= 15 is 4.39 Å². The number of benzene rings is 1. The molecule has 1 aliphatic rings. The zero-order valence-corrected chi connectivity index (χ0v) is 29.8. The van der Waals surface area contributed by atoms with E-state index in [1.165, 1.54) is 28.5 Å². The van der Waals surface area contributed by atoms with Crippen LogP contribution in [0.5, 0.6) is 0 Å². The maximum absolute atomic E-state index is 16.6. The van der Waals surface area contributed by atoms with Crippen LogP contribution in [-0.2, 0) is 20.8 Å². The first-order chi connectivity index (χ1) is 22.9. The minimum atomic E-state index is -1.51. The minimum Gasteiger partial charge on any atom is -0.476 e. The third kappa shape index (κ3) is 8.05. The third-order valence-corrected chi connectivity index (χ3v) is 9.03. The molecule has 0 saturated carbocycles. The molecule has 0 radical (unpaired) electrons. The van der Waals surface area contributed by atoms with Gasteiger partial charge in [-0.3, -0.25) is 4.98 Å². The van der Waals surface area contributed by atoms with Crippen molar-refractivity contribution in [2.24, 2.45) is 0 Å². The number of ether oxygens (including phenoxy) is 3. The van der Waals surface area contributed by atoms with Crippen LogP contribution in [0, 0.1) is 12.7 Å². The first-order valence-corrected chi connectivity index (χ1v) is 16.8. The van der Waals surface area contributed by atoms with Crippen LogP contribution in [0.2, 0.25) is 0 Å². The number of esters is 1. The number of nitrogens with zero attached hydrogens (tertiary/aromatic N) is 4. The quantitative estimate of drug-likeness (QED) is 0.191. The summed E-state index contributed by atoms with van der Waals surface area (Å²) in [6, 6.07) is 6.54. The summed E-state index contributed by atoms with van der Waals surface area (Å²) in [5, 5.41) is 10.5. The van der Waals surface area contributed by atoms with Crippen molar-refractivity contribution in [2.45, 2.75) is 85.0 Å². The average molecular weight is 693 g/mol. The standard InChI is InChI=1S/C36H41FN4O7S/c1-19-9-10-21(17-38-19)22-11-12-23-25(27(22)37)28(32(42)43)40-29(33(44)47-35(2,3)4)26(23)31-39-24(18-41(8)34(45)48-36(5,6)7)30(49-31)20-13-15-46-16-14-20/h9-12,17,20H,13-16,18H2,1-8H3,(H,42,43). The first kappa shape index (κ1) is 35.8. The lowest BCUT2D eigenvalue weighted by Crippen LogP contribution is -2.34. The van der Waals surface area contributed by atoms with E-state index in [9.17, 15) is 19.5 Å². The minimum absolute atomic E-state index is 0.0434. The highest BCUT2D eigenvalue weighted by Gasteiger charge is 2.33. The molecule has 1 fully saturated rings. The molecular formula is C36H41FN4O7S. The molecule has 1 saturated heterocycles. The molecular weight excluding hydrogens is 651 g/mol. The van der Waals surface area contributed by atoms with Crippen LogP contribution in [0.25, 0.3) is 32.5 Å². The summed E-state index contributed by atoms with van der Waals surface area (Å²) >= 11 is 1.30. The van der Waals surface area contributed by atoms with Gasteiger partial charge in [-0.1, -0.05) is 18.2 Å². The number of hydrogen-bond donors (Lipinski definition) is 1. The zero-order chi connectivity index (χ0) is 35.8. The van der Waals surface area contributed by atoms with Gasteiger partial charge in [0.2, 0.25) is 0 Å². The van der Waals surface area contributed by atoms with E-state index in [1.807, 2.05) is 0 Å². The Morgan fingerprint density at radius 2 is 1.67 bits per heavy atom. The maximum Gasteiger partial charge on any atom is 0.410 e. The molecule has 11 nitrogen and oxygen atoms in total. The molecule has 1 amide bonds. The summed E-state index contributed by atoms with van der Waals surface area (Å²) in [5.41, 5.74) is -0.560. The number of fused-ring (bicyclic) bond motifs is 1.